The lowest BCUT2D eigenvalue weighted by molar-refractivity contribution is 0.00876. The van der Waals surface area contributed by atoms with E-state index in [9.17, 15) is 4.79 Å². The fraction of sp³-hybridized carbons (Fsp3) is 0.478. The molecule has 0 saturated carbocycles. The lowest BCUT2D eigenvalue weighted by atomic mass is 9.86. The summed E-state index contributed by atoms with van der Waals surface area (Å²) < 4.78 is 11.6. The number of pyridine rings is 1. The number of hydrogen-bond donors (Lipinski definition) is 0. The van der Waals surface area contributed by atoms with Crippen molar-refractivity contribution in [2.24, 2.45) is 5.92 Å². The molecule has 2 heterocycles. The Bertz CT molecular complexity index is 812. The van der Waals surface area contributed by atoms with E-state index in [2.05, 4.69) is 31.0 Å². The lowest BCUT2D eigenvalue weighted by Gasteiger charge is -2.40. The van der Waals surface area contributed by atoms with E-state index in [0.29, 0.717) is 13.2 Å². The second kappa shape index (κ2) is 8.21. The fourth-order valence-electron chi connectivity index (χ4n) is 3.61. The Morgan fingerprint density at radius 2 is 2.04 bits per heavy atom. The van der Waals surface area contributed by atoms with Crippen molar-refractivity contribution in [3.63, 3.8) is 0 Å². The van der Waals surface area contributed by atoms with Gasteiger partial charge in [0.05, 0.1) is 11.7 Å². The van der Waals surface area contributed by atoms with Crippen LogP contribution in [0, 0.1) is 5.92 Å². The van der Waals surface area contributed by atoms with Gasteiger partial charge in [0.25, 0.3) is 0 Å². The normalized spacial score (nSPS) is 16.6. The van der Waals surface area contributed by atoms with Crippen molar-refractivity contribution < 1.29 is 14.3 Å². The van der Waals surface area contributed by atoms with Crippen molar-refractivity contribution in [3.8, 4) is 5.75 Å². The van der Waals surface area contributed by atoms with E-state index in [0.717, 1.165) is 17.9 Å². The SMILES string of the molecule is CC(C)[C@H]1c2ccc(OCc3ccccn3)cc2CCN1C(=O)OC(C)(C)C. The van der Waals surface area contributed by atoms with Gasteiger partial charge in [0.15, 0.2) is 0 Å². The third-order valence-electron chi connectivity index (χ3n) is 4.76. The van der Waals surface area contributed by atoms with E-state index in [1.54, 1.807) is 6.20 Å². The predicted octanol–water partition coefficient (Wildman–Crippen LogP) is 5.15. The van der Waals surface area contributed by atoms with Gasteiger partial charge in [0.2, 0.25) is 0 Å². The van der Waals surface area contributed by atoms with Crippen molar-refractivity contribution >= 4 is 6.09 Å². The van der Waals surface area contributed by atoms with Gasteiger partial charge in [-0.2, -0.15) is 0 Å². The number of ether oxygens (including phenoxy) is 2. The first-order chi connectivity index (χ1) is 13.2. The summed E-state index contributed by atoms with van der Waals surface area (Å²) in [5.74, 6) is 1.12. The van der Waals surface area contributed by atoms with Crippen LogP contribution in [0.2, 0.25) is 0 Å². The standard InChI is InChI=1S/C23H30N2O3/c1-16(2)21-20-10-9-19(27-15-18-8-6-7-12-24-18)14-17(20)11-13-25(21)22(26)28-23(3,4)5/h6-10,12,14,16,21H,11,13,15H2,1-5H3/t21-/m0/s1. The molecule has 2 aromatic rings. The number of amides is 1. The number of aromatic nitrogens is 1. The van der Waals surface area contributed by atoms with E-state index in [1.165, 1.54) is 11.1 Å². The number of fused-ring (bicyclic) bond motifs is 1. The highest BCUT2D eigenvalue weighted by molar-refractivity contribution is 5.69. The molecule has 0 N–H and O–H groups in total. The van der Waals surface area contributed by atoms with E-state index in [-0.39, 0.29) is 18.1 Å². The number of nitrogens with zero attached hydrogens (tertiary/aromatic N) is 2. The molecule has 0 unspecified atom stereocenters. The second-order valence-electron chi connectivity index (χ2n) is 8.58. The molecule has 3 rings (SSSR count). The fourth-order valence-corrected chi connectivity index (χ4v) is 3.61. The highest BCUT2D eigenvalue weighted by Crippen LogP contribution is 2.37. The number of carbonyl (C=O) groups is 1. The Morgan fingerprint density at radius 1 is 1.25 bits per heavy atom. The third kappa shape index (κ3) is 4.83. The topological polar surface area (TPSA) is 51.7 Å². The summed E-state index contributed by atoms with van der Waals surface area (Å²) >= 11 is 0. The zero-order valence-corrected chi connectivity index (χ0v) is 17.4. The van der Waals surface area contributed by atoms with Crippen LogP contribution in [0.1, 0.15) is 57.5 Å². The largest absolute Gasteiger partial charge is 0.487 e. The molecular weight excluding hydrogens is 352 g/mol. The molecule has 1 aliphatic heterocycles. The Morgan fingerprint density at radius 3 is 2.68 bits per heavy atom. The molecule has 5 nitrogen and oxygen atoms in total. The van der Waals surface area contributed by atoms with Crippen LogP contribution in [-0.2, 0) is 17.8 Å². The second-order valence-corrected chi connectivity index (χ2v) is 8.58. The number of hydrogen-bond acceptors (Lipinski definition) is 4. The highest BCUT2D eigenvalue weighted by Gasteiger charge is 2.35. The van der Waals surface area contributed by atoms with E-state index in [1.807, 2.05) is 49.9 Å². The molecule has 0 spiro atoms. The van der Waals surface area contributed by atoms with E-state index in [4.69, 9.17) is 9.47 Å². The van der Waals surface area contributed by atoms with Crippen LogP contribution >= 0.6 is 0 Å². The number of benzene rings is 1. The molecule has 1 atom stereocenters. The number of rotatable bonds is 4. The minimum Gasteiger partial charge on any atom is -0.487 e. The molecule has 1 aliphatic rings. The Hall–Kier alpha value is -2.56. The van der Waals surface area contributed by atoms with Crippen molar-refractivity contribution in [2.45, 2.75) is 59.3 Å². The first-order valence-electron chi connectivity index (χ1n) is 9.90. The molecule has 0 bridgehead atoms. The number of carbonyl (C=O) groups excluding carboxylic acids is 1. The molecule has 0 radical (unpaired) electrons. The minimum atomic E-state index is -0.498. The zero-order valence-electron chi connectivity index (χ0n) is 17.4. The van der Waals surface area contributed by atoms with Crippen LogP contribution in [0.25, 0.3) is 0 Å². The summed E-state index contributed by atoms with van der Waals surface area (Å²) in [4.78, 5) is 18.9. The van der Waals surface area contributed by atoms with Crippen molar-refractivity contribution in [1.29, 1.82) is 0 Å². The average Bonchev–Trinajstić information content (AvgIpc) is 2.64. The van der Waals surface area contributed by atoms with Gasteiger partial charge < -0.3 is 14.4 Å². The molecule has 0 saturated heterocycles. The van der Waals surface area contributed by atoms with Crippen LogP contribution in [0.3, 0.4) is 0 Å². The Kier molecular flexibility index (Phi) is 5.92. The third-order valence-corrected chi connectivity index (χ3v) is 4.76. The average molecular weight is 383 g/mol. The van der Waals surface area contributed by atoms with Gasteiger partial charge in [-0.15, -0.1) is 0 Å². The van der Waals surface area contributed by atoms with Crippen LogP contribution in [-0.4, -0.2) is 28.1 Å². The molecule has 0 fully saturated rings. The van der Waals surface area contributed by atoms with Crippen LogP contribution in [0.5, 0.6) is 5.75 Å². The van der Waals surface area contributed by atoms with Crippen LogP contribution in [0.15, 0.2) is 42.6 Å². The van der Waals surface area contributed by atoms with Gasteiger partial charge in [-0.25, -0.2) is 4.79 Å². The Labute approximate surface area is 167 Å². The molecular formula is C23H30N2O3. The first-order valence-corrected chi connectivity index (χ1v) is 9.90. The summed E-state index contributed by atoms with van der Waals surface area (Å²) in [5.41, 5.74) is 2.81. The van der Waals surface area contributed by atoms with Gasteiger partial charge in [0.1, 0.15) is 18.0 Å². The quantitative estimate of drug-likeness (QED) is 0.734. The van der Waals surface area contributed by atoms with Gasteiger partial charge in [-0.05, 0) is 68.5 Å². The molecule has 5 heteroatoms. The molecule has 1 aromatic carbocycles. The van der Waals surface area contributed by atoms with Crippen molar-refractivity contribution in [2.75, 3.05) is 6.54 Å². The van der Waals surface area contributed by atoms with Crippen LogP contribution in [0.4, 0.5) is 4.79 Å². The van der Waals surface area contributed by atoms with Gasteiger partial charge in [-0.1, -0.05) is 26.0 Å². The molecule has 0 aliphatic carbocycles. The highest BCUT2D eigenvalue weighted by atomic mass is 16.6. The zero-order chi connectivity index (χ0) is 20.3. The van der Waals surface area contributed by atoms with Crippen LogP contribution < -0.4 is 4.74 Å². The predicted molar refractivity (Wildman–Crippen MR) is 109 cm³/mol. The van der Waals surface area contributed by atoms with E-state index >= 15 is 0 Å². The summed E-state index contributed by atoms with van der Waals surface area (Å²) in [6.07, 6.45) is 2.31. The Balaban J connectivity index is 1.78. The molecule has 28 heavy (non-hydrogen) atoms. The first kappa shape index (κ1) is 20.2. The monoisotopic (exact) mass is 382 g/mol. The van der Waals surface area contributed by atoms with Gasteiger partial charge in [-0.3, -0.25) is 4.98 Å². The maximum Gasteiger partial charge on any atom is 0.410 e. The van der Waals surface area contributed by atoms with Gasteiger partial charge >= 0.3 is 6.09 Å². The van der Waals surface area contributed by atoms with Crippen molar-refractivity contribution in [3.05, 3.63) is 59.4 Å². The van der Waals surface area contributed by atoms with Gasteiger partial charge in [0, 0.05) is 12.7 Å². The molecule has 1 amide bonds. The summed E-state index contributed by atoms with van der Waals surface area (Å²) in [7, 11) is 0. The summed E-state index contributed by atoms with van der Waals surface area (Å²) in [6, 6.07) is 12.0. The summed E-state index contributed by atoms with van der Waals surface area (Å²) in [6.45, 7) is 11.1. The maximum absolute atomic E-state index is 12.7. The maximum atomic E-state index is 12.7. The van der Waals surface area contributed by atoms with E-state index < -0.39 is 5.60 Å². The smallest absolute Gasteiger partial charge is 0.410 e. The summed E-state index contributed by atoms with van der Waals surface area (Å²) in [5, 5.41) is 0. The lowest BCUT2D eigenvalue weighted by Crippen LogP contribution is -2.44. The van der Waals surface area contributed by atoms with Crippen molar-refractivity contribution in [1.82, 2.24) is 9.88 Å². The molecule has 1 aromatic heterocycles. The molecule has 150 valence electrons. The minimum absolute atomic E-state index is 0.00319.